The second-order valence-electron chi connectivity index (χ2n) is 14.2. The van der Waals surface area contributed by atoms with Crippen LogP contribution in [0.4, 0.5) is 0 Å². The minimum atomic E-state index is -1.61. The highest BCUT2D eigenvalue weighted by molar-refractivity contribution is 5.80. The number of carbonyl (C=O) groups is 1. The third-order valence-corrected chi connectivity index (χ3v) is 9.64. The molecule has 1 aliphatic heterocycles. The summed E-state index contributed by atoms with van der Waals surface area (Å²) in [6.45, 7) is 3.54. The molecule has 0 spiro atoms. The standard InChI is InChI=1S/C40H75NO9/c1-3-5-7-9-11-13-15-17-19-20-22-24-26-28-33(43)32(31-49-40-38(47)37(46)36(45)35(30-42)50-40)41-39(48)34(44)29-27-25-23-21-18-16-14-12-10-8-6-4-2/h19-20,26,28,32-38,40,42-47H,3-18,21-25,27,29-31H2,1-2H3,(H,41,48)/t32?,33-,34-,35-,36-,37+,38-,40+/m1/s1. The highest BCUT2D eigenvalue weighted by Crippen LogP contribution is 2.22. The van der Waals surface area contributed by atoms with Crippen LogP contribution in [-0.4, -0.2) is 98.7 Å². The van der Waals surface area contributed by atoms with Gasteiger partial charge in [-0.15, -0.1) is 0 Å². The van der Waals surface area contributed by atoms with Crippen LogP contribution < -0.4 is 5.32 Å². The molecule has 1 amide bonds. The predicted molar refractivity (Wildman–Crippen MR) is 199 cm³/mol. The van der Waals surface area contributed by atoms with Crippen molar-refractivity contribution in [2.24, 2.45) is 0 Å². The van der Waals surface area contributed by atoms with Crippen LogP contribution in [0.2, 0.25) is 0 Å². The van der Waals surface area contributed by atoms with Crippen LogP contribution in [0, 0.1) is 0 Å². The Hall–Kier alpha value is -1.37. The van der Waals surface area contributed by atoms with Gasteiger partial charge in [-0.3, -0.25) is 4.79 Å². The maximum absolute atomic E-state index is 12.9. The molecule has 10 nitrogen and oxygen atoms in total. The highest BCUT2D eigenvalue weighted by Gasteiger charge is 2.44. The van der Waals surface area contributed by atoms with Gasteiger partial charge in [0.1, 0.15) is 30.5 Å². The van der Waals surface area contributed by atoms with Crippen LogP contribution in [0.15, 0.2) is 24.3 Å². The van der Waals surface area contributed by atoms with Crippen LogP contribution in [-0.2, 0) is 14.3 Å². The minimum absolute atomic E-state index is 0.306. The van der Waals surface area contributed by atoms with Crippen molar-refractivity contribution < 1.29 is 44.9 Å². The minimum Gasteiger partial charge on any atom is -0.394 e. The molecule has 0 aliphatic carbocycles. The Balaban J connectivity index is 2.54. The summed E-state index contributed by atoms with van der Waals surface area (Å²) in [5, 5.41) is 64.3. The lowest BCUT2D eigenvalue weighted by molar-refractivity contribution is -0.302. The number of unbranched alkanes of at least 4 members (excludes halogenated alkanes) is 19. The van der Waals surface area contributed by atoms with E-state index >= 15 is 0 Å². The smallest absolute Gasteiger partial charge is 0.249 e. The molecule has 0 saturated carbocycles. The third-order valence-electron chi connectivity index (χ3n) is 9.64. The van der Waals surface area contributed by atoms with E-state index in [2.05, 4.69) is 31.3 Å². The number of hydrogen-bond donors (Lipinski definition) is 7. The van der Waals surface area contributed by atoms with E-state index in [4.69, 9.17) is 9.47 Å². The van der Waals surface area contributed by atoms with Gasteiger partial charge in [0.25, 0.3) is 0 Å². The molecule has 1 heterocycles. The molecule has 1 unspecified atom stereocenters. The maximum atomic E-state index is 12.9. The van der Waals surface area contributed by atoms with Crippen molar-refractivity contribution in [1.82, 2.24) is 5.32 Å². The summed E-state index contributed by atoms with van der Waals surface area (Å²) >= 11 is 0. The van der Waals surface area contributed by atoms with Crippen molar-refractivity contribution in [1.29, 1.82) is 0 Å². The number of rotatable bonds is 32. The molecule has 1 fully saturated rings. The first-order valence-electron chi connectivity index (χ1n) is 20.2. The Morgan fingerprint density at radius 3 is 1.74 bits per heavy atom. The first-order chi connectivity index (χ1) is 24.3. The van der Waals surface area contributed by atoms with E-state index in [0.29, 0.717) is 19.3 Å². The van der Waals surface area contributed by atoms with Gasteiger partial charge in [0, 0.05) is 0 Å². The third kappa shape index (κ3) is 21.9. The molecule has 0 aromatic rings. The SMILES string of the molecule is CCCCCCCCCC=CCCC=C[C@@H](O)C(CO[C@H]1O[C@H](CO)[C@@H](O)[C@H](O)[C@H]1O)NC(=O)[C@H](O)CCCCCCCCCCCCCC. The zero-order valence-corrected chi connectivity index (χ0v) is 31.5. The van der Waals surface area contributed by atoms with Crippen LogP contribution in [0.25, 0.3) is 0 Å². The summed E-state index contributed by atoms with van der Waals surface area (Å²) in [6.07, 6.45) is 24.1. The summed E-state index contributed by atoms with van der Waals surface area (Å²) in [5.74, 6) is -0.628. The van der Waals surface area contributed by atoms with Crippen molar-refractivity contribution in [3.8, 4) is 0 Å². The molecule has 294 valence electrons. The molecule has 0 aromatic carbocycles. The van der Waals surface area contributed by atoms with Crippen molar-refractivity contribution in [2.75, 3.05) is 13.2 Å². The number of nitrogens with one attached hydrogen (secondary N) is 1. The number of hydrogen-bond acceptors (Lipinski definition) is 9. The number of aliphatic hydroxyl groups is 6. The maximum Gasteiger partial charge on any atom is 0.249 e. The number of allylic oxidation sites excluding steroid dienone is 3. The second kappa shape index (κ2) is 31.2. The molecule has 1 rings (SSSR count). The molecule has 7 N–H and O–H groups in total. The van der Waals surface area contributed by atoms with E-state index in [1.807, 2.05) is 6.08 Å². The fourth-order valence-electron chi connectivity index (χ4n) is 6.24. The lowest BCUT2D eigenvalue weighted by atomic mass is 9.99. The van der Waals surface area contributed by atoms with Gasteiger partial charge in [-0.1, -0.05) is 154 Å². The Bertz CT molecular complexity index is 855. The van der Waals surface area contributed by atoms with Gasteiger partial charge in [-0.05, 0) is 32.1 Å². The predicted octanol–water partition coefficient (Wildman–Crippen LogP) is 6.13. The average molecular weight is 714 g/mol. The van der Waals surface area contributed by atoms with Gasteiger partial charge in [0.2, 0.25) is 5.91 Å². The van der Waals surface area contributed by atoms with Crippen LogP contribution in [0.5, 0.6) is 0 Å². The van der Waals surface area contributed by atoms with E-state index in [0.717, 1.165) is 32.1 Å². The fourth-order valence-corrected chi connectivity index (χ4v) is 6.24. The Kier molecular flexibility index (Phi) is 29.1. The Morgan fingerprint density at radius 2 is 1.18 bits per heavy atom. The van der Waals surface area contributed by atoms with Crippen molar-refractivity contribution in [2.45, 2.75) is 210 Å². The van der Waals surface area contributed by atoms with E-state index in [1.165, 1.54) is 96.3 Å². The number of ether oxygens (including phenoxy) is 2. The van der Waals surface area contributed by atoms with Crippen molar-refractivity contribution in [3.05, 3.63) is 24.3 Å². The van der Waals surface area contributed by atoms with E-state index in [-0.39, 0.29) is 6.61 Å². The summed E-state index contributed by atoms with van der Waals surface area (Å²) in [7, 11) is 0. The summed E-state index contributed by atoms with van der Waals surface area (Å²) in [6, 6.07) is -0.990. The first kappa shape index (κ1) is 46.7. The van der Waals surface area contributed by atoms with E-state index < -0.39 is 61.5 Å². The lowest BCUT2D eigenvalue weighted by Gasteiger charge is -2.40. The normalized spacial score (nSPS) is 23.1. The van der Waals surface area contributed by atoms with Gasteiger partial charge in [0.05, 0.1) is 25.4 Å². The largest absolute Gasteiger partial charge is 0.394 e. The van der Waals surface area contributed by atoms with Gasteiger partial charge >= 0.3 is 0 Å². The van der Waals surface area contributed by atoms with Crippen LogP contribution >= 0.6 is 0 Å². The molecule has 0 bridgehead atoms. The Morgan fingerprint density at radius 1 is 0.680 bits per heavy atom. The molecule has 8 atom stereocenters. The van der Waals surface area contributed by atoms with Gasteiger partial charge in [-0.25, -0.2) is 0 Å². The zero-order valence-electron chi connectivity index (χ0n) is 31.5. The molecule has 0 radical (unpaired) electrons. The van der Waals surface area contributed by atoms with E-state index in [1.54, 1.807) is 6.08 Å². The molecule has 0 aromatic heterocycles. The quantitative estimate of drug-likeness (QED) is 0.0320. The zero-order chi connectivity index (χ0) is 36.8. The highest BCUT2D eigenvalue weighted by atomic mass is 16.7. The second-order valence-corrected chi connectivity index (χ2v) is 14.2. The van der Waals surface area contributed by atoms with Gasteiger partial charge in [0.15, 0.2) is 6.29 Å². The fraction of sp³-hybridized carbons (Fsp3) is 0.875. The van der Waals surface area contributed by atoms with Crippen molar-refractivity contribution in [3.63, 3.8) is 0 Å². The van der Waals surface area contributed by atoms with Crippen LogP contribution in [0.1, 0.15) is 162 Å². The molecule has 50 heavy (non-hydrogen) atoms. The number of amides is 1. The monoisotopic (exact) mass is 714 g/mol. The van der Waals surface area contributed by atoms with Gasteiger partial charge in [-0.2, -0.15) is 0 Å². The summed E-state index contributed by atoms with van der Waals surface area (Å²) in [5.41, 5.74) is 0. The summed E-state index contributed by atoms with van der Waals surface area (Å²) in [4.78, 5) is 12.9. The lowest BCUT2D eigenvalue weighted by Crippen LogP contribution is -2.60. The van der Waals surface area contributed by atoms with E-state index in [9.17, 15) is 35.4 Å². The topological polar surface area (TPSA) is 169 Å². The average Bonchev–Trinajstić information content (AvgIpc) is 3.11. The summed E-state index contributed by atoms with van der Waals surface area (Å²) < 4.78 is 11.1. The Labute approximate surface area is 303 Å². The number of aliphatic hydroxyl groups excluding tert-OH is 6. The van der Waals surface area contributed by atoms with Gasteiger partial charge < -0.3 is 45.4 Å². The molecular weight excluding hydrogens is 638 g/mol. The molecular formula is C40H75NO9. The number of carbonyl (C=O) groups excluding carboxylic acids is 1. The first-order valence-corrected chi connectivity index (χ1v) is 20.2. The van der Waals surface area contributed by atoms with Crippen LogP contribution in [0.3, 0.4) is 0 Å². The molecule has 1 aliphatic rings. The molecule has 1 saturated heterocycles. The molecule has 10 heteroatoms. The van der Waals surface area contributed by atoms with Crippen molar-refractivity contribution >= 4 is 5.91 Å².